The van der Waals surface area contributed by atoms with Crippen LogP contribution in [0.4, 0.5) is 0 Å². The van der Waals surface area contributed by atoms with Gasteiger partial charge in [-0.15, -0.1) is 0 Å². The van der Waals surface area contributed by atoms with Crippen molar-refractivity contribution in [2.75, 3.05) is 11.5 Å². The predicted molar refractivity (Wildman–Crippen MR) is 152 cm³/mol. The van der Waals surface area contributed by atoms with Crippen LogP contribution in [0.1, 0.15) is 125 Å². The SMILES string of the molecule is BC(C)(CC)C(O)C(C)(CC)C1CCCC(CSC2CCCCCCCC2SCC)CC1. The van der Waals surface area contributed by atoms with E-state index in [9.17, 15) is 5.11 Å². The third-order valence-electron chi connectivity index (χ3n) is 9.38. The lowest BCUT2D eigenvalue weighted by Crippen LogP contribution is -2.45. The Labute approximate surface area is 211 Å². The van der Waals surface area contributed by atoms with Crippen molar-refractivity contribution in [1.29, 1.82) is 0 Å². The van der Waals surface area contributed by atoms with Crippen LogP contribution in [0.3, 0.4) is 0 Å². The zero-order chi connectivity index (χ0) is 23.6. The molecule has 0 heterocycles. The molecule has 2 aliphatic carbocycles. The number of aliphatic hydroxyl groups excluding tert-OH is 1. The molecule has 2 saturated carbocycles. The minimum Gasteiger partial charge on any atom is -0.393 e. The van der Waals surface area contributed by atoms with Crippen LogP contribution >= 0.6 is 23.5 Å². The standard InChI is InChI=1S/C28H55BOS2/c1-6-27(4,26(30)28(5,29)7-2)23-16-14-15-22(19-20-23)21-32-25-18-13-11-9-10-12-17-24(25)31-8-3/h22-26,30H,6-21,29H2,1-5H3. The van der Waals surface area contributed by atoms with Gasteiger partial charge in [0.15, 0.2) is 0 Å². The van der Waals surface area contributed by atoms with Crippen molar-refractivity contribution < 1.29 is 5.11 Å². The molecule has 4 heteroatoms. The summed E-state index contributed by atoms with van der Waals surface area (Å²) in [5, 5.41) is 13.2. The van der Waals surface area contributed by atoms with Crippen LogP contribution in [-0.2, 0) is 0 Å². The third kappa shape index (κ3) is 8.15. The fourth-order valence-electron chi connectivity index (χ4n) is 6.44. The van der Waals surface area contributed by atoms with Crippen LogP contribution in [-0.4, -0.2) is 41.1 Å². The van der Waals surface area contributed by atoms with Crippen molar-refractivity contribution in [2.24, 2.45) is 17.3 Å². The van der Waals surface area contributed by atoms with Crippen LogP contribution in [0.5, 0.6) is 0 Å². The van der Waals surface area contributed by atoms with E-state index in [4.69, 9.17) is 0 Å². The van der Waals surface area contributed by atoms with Crippen LogP contribution in [0.15, 0.2) is 0 Å². The molecular weight excluding hydrogens is 427 g/mol. The Bertz CT molecular complexity index is 514. The smallest absolute Gasteiger partial charge is 0.112 e. The highest BCUT2D eigenvalue weighted by molar-refractivity contribution is 8.03. The number of hydrogen-bond acceptors (Lipinski definition) is 3. The van der Waals surface area contributed by atoms with Gasteiger partial charge in [-0.2, -0.15) is 23.5 Å². The quantitative estimate of drug-likeness (QED) is 0.251. The number of rotatable bonds is 10. The molecule has 32 heavy (non-hydrogen) atoms. The summed E-state index contributed by atoms with van der Waals surface area (Å²) in [5.74, 6) is 4.22. The average Bonchev–Trinajstić information content (AvgIpc) is 2.98. The third-order valence-corrected chi connectivity index (χ3v) is 12.5. The van der Waals surface area contributed by atoms with Gasteiger partial charge in [-0.3, -0.25) is 0 Å². The van der Waals surface area contributed by atoms with Crippen molar-refractivity contribution in [3.63, 3.8) is 0 Å². The summed E-state index contributed by atoms with van der Waals surface area (Å²) in [4.78, 5) is 0. The van der Waals surface area contributed by atoms with Crippen LogP contribution in [0.25, 0.3) is 0 Å². The van der Waals surface area contributed by atoms with E-state index >= 15 is 0 Å². The van der Waals surface area contributed by atoms with E-state index in [1.807, 2.05) is 0 Å². The van der Waals surface area contributed by atoms with Gasteiger partial charge in [0.25, 0.3) is 0 Å². The maximum Gasteiger partial charge on any atom is 0.112 e. The molecule has 0 radical (unpaired) electrons. The summed E-state index contributed by atoms with van der Waals surface area (Å²) >= 11 is 4.60. The van der Waals surface area contributed by atoms with Gasteiger partial charge in [-0.05, 0) is 79.0 Å². The van der Waals surface area contributed by atoms with Crippen molar-refractivity contribution >= 4 is 31.4 Å². The molecule has 2 rings (SSSR count). The van der Waals surface area contributed by atoms with Gasteiger partial charge in [0.05, 0.1) is 6.10 Å². The highest BCUT2D eigenvalue weighted by Gasteiger charge is 2.45. The van der Waals surface area contributed by atoms with Gasteiger partial charge >= 0.3 is 0 Å². The lowest BCUT2D eigenvalue weighted by atomic mass is 9.53. The molecule has 0 aromatic rings. The molecule has 0 amide bonds. The molecule has 7 atom stereocenters. The molecule has 7 unspecified atom stereocenters. The molecule has 1 nitrogen and oxygen atoms in total. The first kappa shape index (κ1) is 29.0. The first-order valence-electron chi connectivity index (χ1n) is 14.2. The predicted octanol–water partition coefficient (Wildman–Crippen LogP) is 8.15. The molecule has 0 aromatic heterocycles. The summed E-state index contributed by atoms with van der Waals surface area (Å²) in [6.45, 7) is 11.6. The Morgan fingerprint density at radius 2 is 1.41 bits per heavy atom. The Morgan fingerprint density at radius 1 is 0.781 bits per heavy atom. The second-order valence-electron chi connectivity index (χ2n) is 11.9. The molecule has 1 N–H and O–H groups in total. The first-order chi connectivity index (χ1) is 15.3. The largest absolute Gasteiger partial charge is 0.393 e. The molecule has 0 spiro atoms. The van der Waals surface area contributed by atoms with Gasteiger partial charge in [0.1, 0.15) is 7.85 Å². The van der Waals surface area contributed by atoms with Crippen molar-refractivity contribution in [2.45, 2.75) is 146 Å². The summed E-state index contributed by atoms with van der Waals surface area (Å²) in [6.07, 6.45) is 18.9. The second-order valence-corrected chi connectivity index (χ2v) is 14.7. The van der Waals surface area contributed by atoms with Gasteiger partial charge in [-0.25, -0.2) is 0 Å². The molecule has 0 bridgehead atoms. The topological polar surface area (TPSA) is 20.2 Å². The number of hydrogen-bond donors (Lipinski definition) is 1. The average molecular weight is 483 g/mol. The molecule has 2 aliphatic rings. The maximum atomic E-state index is 11.4. The van der Waals surface area contributed by atoms with E-state index in [0.717, 1.165) is 29.3 Å². The Kier molecular flexibility index (Phi) is 13.0. The Hall–Kier alpha value is 0.725. The van der Waals surface area contributed by atoms with Gasteiger partial charge in [0.2, 0.25) is 0 Å². The number of thioether (sulfide) groups is 2. The van der Waals surface area contributed by atoms with Gasteiger partial charge in [-0.1, -0.05) is 79.6 Å². The van der Waals surface area contributed by atoms with E-state index in [0.29, 0.717) is 5.92 Å². The zero-order valence-corrected chi connectivity index (χ0v) is 24.1. The summed E-state index contributed by atoms with van der Waals surface area (Å²) in [6, 6.07) is 0. The van der Waals surface area contributed by atoms with Crippen molar-refractivity contribution in [1.82, 2.24) is 0 Å². The minimum absolute atomic E-state index is 0.00912. The summed E-state index contributed by atoms with van der Waals surface area (Å²) < 4.78 is 0. The van der Waals surface area contributed by atoms with Crippen LogP contribution in [0.2, 0.25) is 5.31 Å². The van der Waals surface area contributed by atoms with Crippen molar-refractivity contribution in [3.8, 4) is 0 Å². The lowest BCUT2D eigenvalue weighted by molar-refractivity contribution is -0.0428. The molecular formula is C28H55BOS2. The highest BCUT2D eigenvalue weighted by atomic mass is 32.2. The summed E-state index contributed by atoms with van der Waals surface area (Å²) in [7, 11) is 2.27. The Balaban J connectivity index is 1.95. The summed E-state index contributed by atoms with van der Waals surface area (Å²) in [5.41, 5.74) is 0.0577. The monoisotopic (exact) mass is 482 g/mol. The van der Waals surface area contributed by atoms with E-state index < -0.39 is 0 Å². The molecule has 188 valence electrons. The van der Waals surface area contributed by atoms with E-state index in [-0.39, 0.29) is 16.8 Å². The minimum atomic E-state index is -0.202. The number of aliphatic hydroxyl groups is 1. The molecule has 2 fully saturated rings. The van der Waals surface area contributed by atoms with Gasteiger partial charge in [0, 0.05) is 10.5 Å². The van der Waals surface area contributed by atoms with Crippen molar-refractivity contribution in [3.05, 3.63) is 0 Å². The van der Waals surface area contributed by atoms with E-state index in [2.05, 4.69) is 66.0 Å². The van der Waals surface area contributed by atoms with Crippen LogP contribution < -0.4 is 0 Å². The van der Waals surface area contributed by atoms with Crippen LogP contribution in [0, 0.1) is 17.3 Å². The second kappa shape index (κ2) is 14.3. The molecule has 0 saturated heterocycles. The fraction of sp³-hybridized carbons (Fsp3) is 1.00. The Morgan fingerprint density at radius 3 is 2.00 bits per heavy atom. The fourth-order valence-corrected chi connectivity index (χ4v) is 9.56. The zero-order valence-electron chi connectivity index (χ0n) is 22.5. The highest BCUT2D eigenvalue weighted by Crippen LogP contribution is 2.50. The van der Waals surface area contributed by atoms with E-state index in [1.54, 1.807) is 0 Å². The van der Waals surface area contributed by atoms with Gasteiger partial charge < -0.3 is 5.11 Å². The molecule has 0 aromatic carbocycles. The lowest BCUT2D eigenvalue weighted by Gasteiger charge is -2.47. The normalized spacial score (nSPS) is 33.1. The van der Waals surface area contributed by atoms with E-state index in [1.165, 1.54) is 88.6 Å². The first-order valence-corrected chi connectivity index (χ1v) is 16.3. The maximum absolute atomic E-state index is 11.4. The molecule has 0 aliphatic heterocycles.